The van der Waals surface area contributed by atoms with Crippen LogP contribution in [0, 0.1) is 0 Å². The van der Waals surface area contributed by atoms with E-state index in [9.17, 15) is 4.79 Å². The van der Waals surface area contributed by atoms with Gasteiger partial charge in [-0.15, -0.1) is 0 Å². The molecule has 0 atom stereocenters. The fraction of sp³-hybridized carbons (Fsp3) is 0. The first kappa shape index (κ1) is 16.9. The number of amides is 1. The molecule has 0 spiro atoms. The van der Waals surface area contributed by atoms with Crippen molar-refractivity contribution in [1.29, 1.82) is 0 Å². The van der Waals surface area contributed by atoms with E-state index in [1.807, 2.05) is 59.2 Å². The van der Waals surface area contributed by atoms with Crippen molar-refractivity contribution in [3.63, 3.8) is 0 Å². The molecule has 2 aromatic carbocycles. The molecule has 7 heteroatoms. The van der Waals surface area contributed by atoms with Crippen molar-refractivity contribution in [2.45, 2.75) is 0 Å². The zero-order valence-electron chi connectivity index (χ0n) is 15.3. The number of para-hydroxylation sites is 3. The summed E-state index contributed by atoms with van der Waals surface area (Å²) in [6.45, 7) is 0. The highest BCUT2D eigenvalue weighted by Gasteiger charge is 2.16. The summed E-state index contributed by atoms with van der Waals surface area (Å²) < 4.78 is 3.71. The number of fused-ring (bicyclic) bond motifs is 1. The van der Waals surface area contributed by atoms with E-state index in [0.717, 1.165) is 16.7 Å². The first-order valence-electron chi connectivity index (χ1n) is 9.08. The van der Waals surface area contributed by atoms with Gasteiger partial charge < -0.3 is 0 Å². The quantitative estimate of drug-likeness (QED) is 0.514. The molecule has 140 valence electrons. The minimum Gasteiger partial charge on any atom is -0.291 e. The van der Waals surface area contributed by atoms with E-state index in [-0.39, 0.29) is 5.91 Å². The lowest BCUT2D eigenvalue weighted by Crippen LogP contribution is -2.16. The standard InChI is InChI=1S/C22H16N6O/c29-21(16-10-11-20(24-14-16)27-13-12-23-15-27)26-22-25-18-8-4-5-9-19(18)28(22)17-6-2-1-3-7-17/h1-15H,(H,25,26,29). The van der Waals surface area contributed by atoms with Crippen LogP contribution in [0.1, 0.15) is 10.4 Å². The Kier molecular flexibility index (Phi) is 4.10. The number of rotatable bonds is 4. The molecule has 0 radical (unpaired) electrons. The predicted molar refractivity (Wildman–Crippen MR) is 110 cm³/mol. The number of pyridine rings is 1. The molecule has 1 amide bonds. The maximum absolute atomic E-state index is 12.8. The maximum Gasteiger partial charge on any atom is 0.259 e. The highest BCUT2D eigenvalue weighted by atomic mass is 16.1. The highest BCUT2D eigenvalue weighted by Crippen LogP contribution is 2.25. The molecule has 0 saturated carbocycles. The number of benzene rings is 2. The molecule has 0 bridgehead atoms. The number of hydrogen-bond acceptors (Lipinski definition) is 4. The fourth-order valence-corrected chi connectivity index (χ4v) is 3.19. The average molecular weight is 380 g/mol. The Bertz CT molecular complexity index is 1270. The number of imidazole rings is 2. The SMILES string of the molecule is O=C(Nc1nc2ccccc2n1-c1ccccc1)c1ccc(-n2ccnc2)nc1. The van der Waals surface area contributed by atoms with E-state index in [1.165, 1.54) is 0 Å². The zero-order chi connectivity index (χ0) is 19.6. The monoisotopic (exact) mass is 380 g/mol. The second kappa shape index (κ2) is 7.05. The van der Waals surface area contributed by atoms with Crippen LogP contribution in [0.25, 0.3) is 22.5 Å². The Morgan fingerprint density at radius 2 is 1.76 bits per heavy atom. The molecule has 7 nitrogen and oxygen atoms in total. The molecule has 5 rings (SSSR count). The summed E-state index contributed by atoms with van der Waals surface area (Å²) in [5, 5.41) is 2.92. The van der Waals surface area contributed by atoms with Crippen molar-refractivity contribution in [1.82, 2.24) is 24.1 Å². The van der Waals surface area contributed by atoms with Gasteiger partial charge in [0.15, 0.2) is 0 Å². The number of carbonyl (C=O) groups is 1. The van der Waals surface area contributed by atoms with Gasteiger partial charge in [0.1, 0.15) is 12.1 Å². The summed E-state index contributed by atoms with van der Waals surface area (Å²) in [6, 6.07) is 21.1. The lowest BCUT2D eigenvalue weighted by atomic mass is 10.2. The van der Waals surface area contributed by atoms with E-state index in [1.54, 1.807) is 41.6 Å². The number of hydrogen-bond donors (Lipinski definition) is 1. The Balaban J connectivity index is 1.49. The second-order valence-corrected chi connectivity index (χ2v) is 6.42. The summed E-state index contributed by atoms with van der Waals surface area (Å²) in [6.07, 6.45) is 6.67. The van der Waals surface area contributed by atoms with Crippen molar-refractivity contribution in [3.8, 4) is 11.5 Å². The summed E-state index contributed by atoms with van der Waals surface area (Å²) in [5.41, 5.74) is 3.09. The second-order valence-electron chi connectivity index (χ2n) is 6.42. The summed E-state index contributed by atoms with van der Waals surface area (Å²) in [5.74, 6) is 0.874. The minimum atomic E-state index is -0.276. The highest BCUT2D eigenvalue weighted by molar-refractivity contribution is 6.04. The molecule has 0 aliphatic carbocycles. The third-order valence-corrected chi connectivity index (χ3v) is 4.58. The van der Waals surface area contributed by atoms with Crippen molar-refractivity contribution >= 4 is 22.9 Å². The van der Waals surface area contributed by atoms with Gasteiger partial charge in [-0.05, 0) is 36.4 Å². The van der Waals surface area contributed by atoms with E-state index in [2.05, 4.69) is 20.3 Å². The van der Waals surface area contributed by atoms with E-state index in [4.69, 9.17) is 0 Å². The van der Waals surface area contributed by atoms with Crippen LogP contribution < -0.4 is 5.32 Å². The summed E-state index contributed by atoms with van der Waals surface area (Å²) in [4.78, 5) is 25.8. The summed E-state index contributed by atoms with van der Waals surface area (Å²) >= 11 is 0. The van der Waals surface area contributed by atoms with Crippen LogP contribution in [0.15, 0.2) is 91.6 Å². The van der Waals surface area contributed by atoms with Gasteiger partial charge in [0.25, 0.3) is 5.91 Å². The molecule has 1 N–H and O–H groups in total. The Labute approximate surface area is 166 Å². The first-order chi connectivity index (χ1) is 14.3. The average Bonchev–Trinajstić information content (AvgIpc) is 3.42. The molecular formula is C22H16N6O. The van der Waals surface area contributed by atoms with E-state index in [0.29, 0.717) is 17.3 Å². The van der Waals surface area contributed by atoms with Crippen LogP contribution in [0.5, 0.6) is 0 Å². The van der Waals surface area contributed by atoms with Crippen molar-refractivity contribution in [2.75, 3.05) is 5.32 Å². The van der Waals surface area contributed by atoms with E-state index < -0.39 is 0 Å². The van der Waals surface area contributed by atoms with Crippen LogP contribution in [0.4, 0.5) is 5.95 Å². The van der Waals surface area contributed by atoms with Crippen LogP contribution in [0.2, 0.25) is 0 Å². The van der Waals surface area contributed by atoms with Gasteiger partial charge in [0.05, 0.1) is 16.6 Å². The van der Waals surface area contributed by atoms with Crippen molar-refractivity contribution < 1.29 is 4.79 Å². The zero-order valence-corrected chi connectivity index (χ0v) is 15.3. The lowest BCUT2D eigenvalue weighted by Gasteiger charge is -2.10. The molecule has 0 saturated heterocycles. The molecule has 3 aromatic heterocycles. The summed E-state index contributed by atoms with van der Waals surface area (Å²) in [7, 11) is 0. The van der Waals surface area contributed by atoms with Crippen LogP contribution in [-0.4, -0.2) is 30.0 Å². The molecular weight excluding hydrogens is 364 g/mol. The number of carbonyl (C=O) groups excluding carboxylic acids is 1. The minimum absolute atomic E-state index is 0.276. The van der Waals surface area contributed by atoms with Crippen LogP contribution in [0.3, 0.4) is 0 Å². The maximum atomic E-state index is 12.8. The van der Waals surface area contributed by atoms with Crippen LogP contribution in [-0.2, 0) is 0 Å². The van der Waals surface area contributed by atoms with Gasteiger partial charge >= 0.3 is 0 Å². The molecule has 0 unspecified atom stereocenters. The Hall–Kier alpha value is -4.26. The Morgan fingerprint density at radius 1 is 0.931 bits per heavy atom. The van der Waals surface area contributed by atoms with Gasteiger partial charge in [-0.1, -0.05) is 30.3 Å². The Morgan fingerprint density at radius 3 is 2.52 bits per heavy atom. The van der Waals surface area contributed by atoms with Gasteiger partial charge in [0, 0.05) is 24.3 Å². The smallest absolute Gasteiger partial charge is 0.259 e. The first-order valence-corrected chi connectivity index (χ1v) is 9.08. The van der Waals surface area contributed by atoms with Gasteiger partial charge in [0.2, 0.25) is 5.95 Å². The lowest BCUT2D eigenvalue weighted by molar-refractivity contribution is 0.102. The molecule has 0 aliphatic rings. The van der Waals surface area contributed by atoms with E-state index >= 15 is 0 Å². The molecule has 5 aromatic rings. The number of anilines is 1. The van der Waals surface area contributed by atoms with Gasteiger partial charge in [-0.25, -0.2) is 15.0 Å². The predicted octanol–water partition coefficient (Wildman–Crippen LogP) is 3.86. The molecule has 0 fully saturated rings. The van der Waals surface area contributed by atoms with Crippen molar-refractivity contribution in [2.24, 2.45) is 0 Å². The molecule has 29 heavy (non-hydrogen) atoms. The van der Waals surface area contributed by atoms with Crippen molar-refractivity contribution in [3.05, 3.63) is 97.2 Å². The third kappa shape index (κ3) is 3.14. The number of nitrogens with one attached hydrogen (secondary N) is 1. The molecule has 3 heterocycles. The topological polar surface area (TPSA) is 77.6 Å². The third-order valence-electron chi connectivity index (χ3n) is 4.58. The largest absolute Gasteiger partial charge is 0.291 e. The van der Waals surface area contributed by atoms with Gasteiger partial charge in [-0.3, -0.25) is 19.2 Å². The van der Waals surface area contributed by atoms with Gasteiger partial charge in [-0.2, -0.15) is 0 Å². The number of nitrogens with zero attached hydrogens (tertiary/aromatic N) is 5. The fourth-order valence-electron chi connectivity index (χ4n) is 3.19. The normalized spacial score (nSPS) is 10.9. The molecule has 0 aliphatic heterocycles. The number of aromatic nitrogens is 5. The van der Waals surface area contributed by atoms with Crippen LogP contribution >= 0.6 is 0 Å².